The molecule has 1 fully saturated rings. The first kappa shape index (κ1) is 15.1. The maximum atomic E-state index is 6.03. The monoisotopic (exact) mass is 279 g/mol. The highest BCUT2D eigenvalue weighted by atomic mass is 16.5. The molecule has 0 saturated carbocycles. The molecule has 0 amide bonds. The lowest BCUT2D eigenvalue weighted by molar-refractivity contribution is 0.0496. The van der Waals surface area contributed by atoms with Gasteiger partial charge in [0.25, 0.3) is 0 Å². The lowest BCUT2D eigenvalue weighted by Gasteiger charge is -2.23. The van der Waals surface area contributed by atoms with E-state index in [9.17, 15) is 0 Å². The normalized spacial score (nSPS) is 17.8. The van der Waals surface area contributed by atoms with E-state index in [-0.39, 0.29) is 6.04 Å². The number of rotatable bonds is 6. The van der Waals surface area contributed by atoms with E-state index < -0.39 is 0 Å². The van der Waals surface area contributed by atoms with Gasteiger partial charge >= 0.3 is 0 Å². The summed E-state index contributed by atoms with van der Waals surface area (Å²) in [6.07, 6.45) is 2.96. The molecule has 0 radical (unpaired) electrons. The summed E-state index contributed by atoms with van der Waals surface area (Å²) in [5, 5.41) is 0. The van der Waals surface area contributed by atoms with Crippen molar-refractivity contribution in [2.75, 3.05) is 26.9 Å². The van der Waals surface area contributed by atoms with E-state index in [1.807, 2.05) is 25.1 Å². The van der Waals surface area contributed by atoms with Crippen molar-refractivity contribution in [1.29, 1.82) is 0 Å². The van der Waals surface area contributed by atoms with Gasteiger partial charge in [-0.15, -0.1) is 0 Å². The molecule has 4 nitrogen and oxygen atoms in total. The molecule has 1 unspecified atom stereocenters. The van der Waals surface area contributed by atoms with Crippen LogP contribution in [0.5, 0.6) is 11.5 Å². The molecule has 112 valence electrons. The summed E-state index contributed by atoms with van der Waals surface area (Å²) in [5.74, 6) is 2.30. The third-order valence-electron chi connectivity index (χ3n) is 3.63. The molecule has 0 spiro atoms. The SMILES string of the molecule is COc1ccc(CC(C)N)c(OCC2CCOCC2)c1. The molecule has 20 heavy (non-hydrogen) atoms. The Morgan fingerprint density at radius 2 is 2.10 bits per heavy atom. The van der Waals surface area contributed by atoms with Crippen LogP contribution in [-0.4, -0.2) is 33.0 Å². The van der Waals surface area contributed by atoms with E-state index in [4.69, 9.17) is 19.9 Å². The molecule has 2 N–H and O–H groups in total. The Kier molecular flexibility index (Phi) is 5.68. The second-order valence-corrected chi connectivity index (χ2v) is 5.52. The molecule has 1 atom stereocenters. The predicted molar refractivity (Wildman–Crippen MR) is 79.4 cm³/mol. The maximum Gasteiger partial charge on any atom is 0.126 e. The smallest absolute Gasteiger partial charge is 0.126 e. The Bertz CT molecular complexity index is 414. The largest absolute Gasteiger partial charge is 0.497 e. The molecule has 4 heteroatoms. The fourth-order valence-corrected chi connectivity index (χ4v) is 2.43. The Morgan fingerprint density at radius 1 is 1.35 bits per heavy atom. The first-order chi connectivity index (χ1) is 9.69. The molecular weight excluding hydrogens is 254 g/mol. The Hall–Kier alpha value is -1.26. The summed E-state index contributed by atoms with van der Waals surface area (Å²) in [5.41, 5.74) is 7.05. The van der Waals surface area contributed by atoms with Crippen molar-refractivity contribution in [1.82, 2.24) is 0 Å². The van der Waals surface area contributed by atoms with E-state index in [0.717, 1.165) is 56.1 Å². The quantitative estimate of drug-likeness (QED) is 0.868. The number of benzene rings is 1. The van der Waals surface area contributed by atoms with E-state index in [1.165, 1.54) is 0 Å². The van der Waals surface area contributed by atoms with Crippen molar-refractivity contribution < 1.29 is 14.2 Å². The third kappa shape index (κ3) is 4.39. The average Bonchev–Trinajstić information content (AvgIpc) is 2.47. The van der Waals surface area contributed by atoms with E-state index in [0.29, 0.717) is 5.92 Å². The third-order valence-corrected chi connectivity index (χ3v) is 3.63. The van der Waals surface area contributed by atoms with Crippen LogP contribution in [-0.2, 0) is 11.2 Å². The van der Waals surface area contributed by atoms with Crippen LogP contribution >= 0.6 is 0 Å². The second-order valence-electron chi connectivity index (χ2n) is 5.52. The van der Waals surface area contributed by atoms with Gasteiger partial charge in [-0.3, -0.25) is 0 Å². The van der Waals surface area contributed by atoms with Crippen molar-refractivity contribution in [2.45, 2.75) is 32.2 Å². The predicted octanol–water partition coefficient (Wildman–Crippen LogP) is 2.39. The van der Waals surface area contributed by atoms with Crippen LogP contribution in [0.25, 0.3) is 0 Å². The van der Waals surface area contributed by atoms with Gasteiger partial charge in [0.1, 0.15) is 11.5 Å². The summed E-state index contributed by atoms with van der Waals surface area (Å²) in [4.78, 5) is 0. The fraction of sp³-hybridized carbons (Fsp3) is 0.625. The van der Waals surface area contributed by atoms with Crippen LogP contribution in [0.3, 0.4) is 0 Å². The van der Waals surface area contributed by atoms with Crippen LogP contribution in [0.2, 0.25) is 0 Å². The van der Waals surface area contributed by atoms with Gasteiger partial charge in [0.15, 0.2) is 0 Å². The molecule has 0 aliphatic carbocycles. The summed E-state index contributed by atoms with van der Waals surface area (Å²) >= 11 is 0. The van der Waals surface area contributed by atoms with Crippen LogP contribution in [0.4, 0.5) is 0 Å². The lowest BCUT2D eigenvalue weighted by atomic mass is 10.0. The average molecular weight is 279 g/mol. The van der Waals surface area contributed by atoms with Gasteiger partial charge in [-0.25, -0.2) is 0 Å². The lowest BCUT2D eigenvalue weighted by Crippen LogP contribution is -2.22. The summed E-state index contributed by atoms with van der Waals surface area (Å²) in [7, 11) is 1.67. The number of ether oxygens (including phenoxy) is 3. The summed E-state index contributed by atoms with van der Waals surface area (Å²) in [6.45, 7) is 4.44. The van der Waals surface area contributed by atoms with Crippen LogP contribution in [0.15, 0.2) is 18.2 Å². The zero-order valence-electron chi connectivity index (χ0n) is 12.4. The minimum absolute atomic E-state index is 0.119. The molecule has 1 aliphatic rings. The molecule has 1 aromatic carbocycles. The second kappa shape index (κ2) is 7.50. The van der Waals surface area contributed by atoms with Gasteiger partial charge in [-0.2, -0.15) is 0 Å². The molecule has 1 aliphatic heterocycles. The van der Waals surface area contributed by atoms with E-state index in [2.05, 4.69) is 0 Å². The van der Waals surface area contributed by atoms with Gasteiger partial charge in [0.2, 0.25) is 0 Å². The van der Waals surface area contributed by atoms with Crippen molar-refractivity contribution in [2.24, 2.45) is 11.7 Å². The number of methoxy groups -OCH3 is 1. The zero-order chi connectivity index (χ0) is 14.4. The van der Waals surface area contributed by atoms with Gasteiger partial charge in [0, 0.05) is 25.3 Å². The minimum Gasteiger partial charge on any atom is -0.497 e. The van der Waals surface area contributed by atoms with Crippen molar-refractivity contribution >= 4 is 0 Å². The molecule has 2 rings (SSSR count). The molecular formula is C16H25NO3. The molecule has 0 bridgehead atoms. The van der Waals surface area contributed by atoms with Gasteiger partial charge < -0.3 is 19.9 Å². The van der Waals surface area contributed by atoms with Crippen LogP contribution in [0.1, 0.15) is 25.3 Å². The molecule has 0 aromatic heterocycles. The van der Waals surface area contributed by atoms with Crippen molar-refractivity contribution in [3.63, 3.8) is 0 Å². The maximum absolute atomic E-state index is 6.03. The first-order valence-electron chi connectivity index (χ1n) is 7.32. The van der Waals surface area contributed by atoms with Gasteiger partial charge in [0.05, 0.1) is 13.7 Å². The fourth-order valence-electron chi connectivity index (χ4n) is 2.43. The first-order valence-corrected chi connectivity index (χ1v) is 7.32. The minimum atomic E-state index is 0.119. The van der Waals surface area contributed by atoms with Crippen LogP contribution < -0.4 is 15.2 Å². The number of hydrogen-bond acceptors (Lipinski definition) is 4. The summed E-state index contributed by atoms with van der Waals surface area (Å²) < 4.78 is 16.7. The van der Waals surface area contributed by atoms with Crippen molar-refractivity contribution in [3.05, 3.63) is 23.8 Å². The molecule has 1 heterocycles. The Balaban J connectivity index is 2.02. The van der Waals surface area contributed by atoms with Gasteiger partial charge in [-0.05, 0) is 43.7 Å². The summed E-state index contributed by atoms with van der Waals surface area (Å²) in [6, 6.07) is 6.08. The number of nitrogens with two attached hydrogens (primary N) is 1. The molecule has 1 aromatic rings. The zero-order valence-corrected chi connectivity index (χ0v) is 12.4. The highest BCUT2D eigenvalue weighted by Crippen LogP contribution is 2.27. The molecule has 1 saturated heterocycles. The van der Waals surface area contributed by atoms with Crippen molar-refractivity contribution in [3.8, 4) is 11.5 Å². The number of hydrogen-bond donors (Lipinski definition) is 1. The Morgan fingerprint density at radius 3 is 2.75 bits per heavy atom. The van der Waals surface area contributed by atoms with E-state index >= 15 is 0 Å². The van der Waals surface area contributed by atoms with Gasteiger partial charge in [-0.1, -0.05) is 6.07 Å². The topological polar surface area (TPSA) is 53.7 Å². The standard InChI is InChI=1S/C16H25NO3/c1-12(17)9-14-3-4-15(18-2)10-16(14)20-11-13-5-7-19-8-6-13/h3-4,10,12-13H,5-9,11,17H2,1-2H3. The Labute approximate surface area is 121 Å². The van der Waals surface area contributed by atoms with E-state index in [1.54, 1.807) is 7.11 Å². The highest BCUT2D eigenvalue weighted by molar-refractivity contribution is 5.41. The van der Waals surface area contributed by atoms with Crippen LogP contribution in [0, 0.1) is 5.92 Å². The highest BCUT2D eigenvalue weighted by Gasteiger charge is 2.16.